The maximum Gasteiger partial charge on any atom is 0.236 e. The number of para-hydroxylation sites is 1. The molecule has 0 aliphatic heterocycles. The third-order valence-electron chi connectivity index (χ3n) is 3.37. The predicted molar refractivity (Wildman–Crippen MR) is 79.7 cm³/mol. The van der Waals surface area contributed by atoms with E-state index < -0.39 is 10.0 Å². The average Bonchev–Trinajstić information content (AvgIpc) is 2.71. The van der Waals surface area contributed by atoms with E-state index >= 15 is 0 Å². The molecule has 20 heavy (non-hydrogen) atoms. The zero-order valence-electron chi connectivity index (χ0n) is 11.1. The largest absolute Gasteiger partial charge is 0.295 e. The molecule has 3 rings (SSSR count). The Hall–Kier alpha value is -2.14. The molecule has 4 nitrogen and oxygen atoms in total. The van der Waals surface area contributed by atoms with Crippen molar-refractivity contribution in [3.63, 3.8) is 0 Å². The number of hydrogen-bond acceptors (Lipinski definition) is 3. The third-order valence-corrected chi connectivity index (χ3v) is 4.42. The first kappa shape index (κ1) is 12.9. The second-order valence-electron chi connectivity index (χ2n) is 4.83. The van der Waals surface area contributed by atoms with Crippen molar-refractivity contribution < 1.29 is 13.2 Å². The van der Waals surface area contributed by atoms with E-state index in [0.29, 0.717) is 16.6 Å². The van der Waals surface area contributed by atoms with Gasteiger partial charge >= 0.3 is 0 Å². The van der Waals surface area contributed by atoms with E-state index in [1.807, 2.05) is 12.1 Å². The number of ketones is 1. The number of aromatic nitrogens is 1. The normalized spacial score (nSPS) is 12.1. The molecular formula is C15H13NO3S. The highest BCUT2D eigenvalue weighted by molar-refractivity contribution is 7.89. The van der Waals surface area contributed by atoms with E-state index in [1.165, 1.54) is 17.2 Å². The van der Waals surface area contributed by atoms with Gasteiger partial charge in [-0.05, 0) is 31.2 Å². The van der Waals surface area contributed by atoms with Gasteiger partial charge in [-0.3, -0.25) is 4.79 Å². The lowest BCUT2D eigenvalue weighted by Gasteiger charge is -2.04. The van der Waals surface area contributed by atoms with Crippen molar-refractivity contribution in [1.82, 2.24) is 3.97 Å². The Morgan fingerprint density at radius 3 is 2.30 bits per heavy atom. The van der Waals surface area contributed by atoms with Gasteiger partial charge in [0.2, 0.25) is 10.0 Å². The second kappa shape index (κ2) is 4.18. The van der Waals surface area contributed by atoms with Crippen LogP contribution < -0.4 is 0 Å². The minimum absolute atomic E-state index is 0.0388. The Labute approximate surface area is 116 Å². The summed E-state index contributed by atoms with van der Waals surface area (Å²) >= 11 is 0. The molecule has 0 aliphatic rings. The SMILES string of the molecule is CC(=O)c1ccc2c(c1)c1ccccc1n2S(C)(=O)=O. The number of nitrogens with zero attached hydrogens (tertiary/aromatic N) is 1. The fourth-order valence-electron chi connectivity index (χ4n) is 2.51. The highest BCUT2D eigenvalue weighted by Crippen LogP contribution is 2.30. The van der Waals surface area contributed by atoms with Crippen LogP contribution in [0.15, 0.2) is 42.5 Å². The monoisotopic (exact) mass is 287 g/mol. The van der Waals surface area contributed by atoms with E-state index in [9.17, 15) is 13.2 Å². The Kier molecular flexibility index (Phi) is 2.69. The molecule has 102 valence electrons. The van der Waals surface area contributed by atoms with E-state index in [4.69, 9.17) is 0 Å². The van der Waals surface area contributed by atoms with Gasteiger partial charge in [0.05, 0.1) is 17.3 Å². The molecule has 0 bridgehead atoms. The van der Waals surface area contributed by atoms with Crippen molar-refractivity contribution in [2.24, 2.45) is 0 Å². The number of rotatable bonds is 2. The maximum absolute atomic E-state index is 12.0. The van der Waals surface area contributed by atoms with Crippen LogP contribution >= 0.6 is 0 Å². The summed E-state index contributed by atoms with van der Waals surface area (Å²) in [5.74, 6) is -0.0388. The number of benzene rings is 2. The van der Waals surface area contributed by atoms with Crippen LogP contribution in [0.25, 0.3) is 21.8 Å². The highest BCUT2D eigenvalue weighted by Gasteiger charge is 2.17. The minimum Gasteiger partial charge on any atom is -0.295 e. The Morgan fingerprint density at radius 1 is 1.00 bits per heavy atom. The standard InChI is InChI=1S/C15H13NO3S/c1-10(17)11-7-8-15-13(9-11)12-5-3-4-6-14(12)16(15)20(2,18)19/h3-9H,1-2H3. The summed E-state index contributed by atoms with van der Waals surface area (Å²) < 4.78 is 25.4. The van der Waals surface area contributed by atoms with E-state index in [0.717, 1.165) is 10.8 Å². The molecule has 0 fully saturated rings. The number of Topliss-reactive ketones (excluding diaryl/α,β-unsaturated/α-hetero) is 1. The topological polar surface area (TPSA) is 56.1 Å². The van der Waals surface area contributed by atoms with Crippen molar-refractivity contribution in [3.05, 3.63) is 48.0 Å². The van der Waals surface area contributed by atoms with E-state index in [-0.39, 0.29) is 5.78 Å². The average molecular weight is 287 g/mol. The van der Waals surface area contributed by atoms with Crippen LogP contribution in [0.5, 0.6) is 0 Å². The van der Waals surface area contributed by atoms with Gasteiger partial charge < -0.3 is 0 Å². The van der Waals surface area contributed by atoms with Crippen molar-refractivity contribution in [2.75, 3.05) is 6.26 Å². The van der Waals surface area contributed by atoms with Gasteiger partial charge in [0.25, 0.3) is 0 Å². The number of carbonyl (C=O) groups is 1. The lowest BCUT2D eigenvalue weighted by Crippen LogP contribution is -2.09. The lowest BCUT2D eigenvalue weighted by atomic mass is 10.1. The lowest BCUT2D eigenvalue weighted by molar-refractivity contribution is 0.101. The first-order valence-electron chi connectivity index (χ1n) is 6.14. The van der Waals surface area contributed by atoms with Crippen molar-refractivity contribution in [3.8, 4) is 0 Å². The van der Waals surface area contributed by atoms with Gasteiger partial charge in [0.1, 0.15) is 0 Å². The summed E-state index contributed by atoms with van der Waals surface area (Å²) in [4.78, 5) is 11.5. The van der Waals surface area contributed by atoms with Crippen LogP contribution in [-0.2, 0) is 10.0 Å². The maximum atomic E-state index is 12.0. The van der Waals surface area contributed by atoms with Gasteiger partial charge in [-0.1, -0.05) is 18.2 Å². The van der Waals surface area contributed by atoms with Crippen molar-refractivity contribution in [2.45, 2.75) is 6.92 Å². The number of fused-ring (bicyclic) bond motifs is 3. The summed E-state index contributed by atoms with van der Waals surface area (Å²) in [6, 6.07) is 12.4. The first-order chi connectivity index (χ1) is 9.39. The predicted octanol–water partition coefficient (Wildman–Crippen LogP) is 2.80. The van der Waals surface area contributed by atoms with Crippen LogP contribution in [0.1, 0.15) is 17.3 Å². The molecule has 0 unspecified atom stereocenters. The quantitative estimate of drug-likeness (QED) is 0.681. The Morgan fingerprint density at radius 2 is 1.65 bits per heavy atom. The number of hydrogen-bond donors (Lipinski definition) is 0. The van der Waals surface area contributed by atoms with Crippen molar-refractivity contribution in [1.29, 1.82) is 0 Å². The molecule has 0 saturated heterocycles. The fraction of sp³-hybridized carbons (Fsp3) is 0.133. The molecule has 0 radical (unpaired) electrons. The molecular weight excluding hydrogens is 274 g/mol. The van der Waals surface area contributed by atoms with Crippen LogP contribution in [0, 0.1) is 0 Å². The molecule has 1 heterocycles. The number of carbonyl (C=O) groups excluding carboxylic acids is 1. The Balaban J connectivity index is 2.58. The van der Waals surface area contributed by atoms with E-state index in [2.05, 4.69) is 0 Å². The second-order valence-corrected chi connectivity index (χ2v) is 6.66. The smallest absolute Gasteiger partial charge is 0.236 e. The summed E-state index contributed by atoms with van der Waals surface area (Å²) in [5.41, 5.74) is 1.80. The zero-order valence-corrected chi connectivity index (χ0v) is 11.9. The first-order valence-corrected chi connectivity index (χ1v) is 7.99. The summed E-state index contributed by atoms with van der Waals surface area (Å²) in [5, 5.41) is 1.61. The van der Waals surface area contributed by atoms with Crippen LogP contribution in [0.2, 0.25) is 0 Å². The van der Waals surface area contributed by atoms with Gasteiger partial charge in [0.15, 0.2) is 5.78 Å². The molecule has 0 atom stereocenters. The molecule has 5 heteroatoms. The van der Waals surface area contributed by atoms with Gasteiger partial charge in [0, 0.05) is 16.3 Å². The van der Waals surface area contributed by atoms with Crippen LogP contribution in [-0.4, -0.2) is 24.4 Å². The van der Waals surface area contributed by atoms with Gasteiger partial charge in [-0.15, -0.1) is 0 Å². The molecule has 0 aliphatic carbocycles. The Bertz CT molecular complexity index is 952. The summed E-state index contributed by atoms with van der Waals surface area (Å²) in [6.45, 7) is 1.50. The van der Waals surface area contributed by atoms with Crippen molar-refractivity contribution >= 4 is 37.6 Å². The molecule has 0 spiro atoms. The van der Waals surface area contributed by atoms with E-state index in [1.54, 1.807) is 30.3 Å². The minimum atomic E-state index is -3.41. The summed E-state index contributed by atoms with van der Waals surface area (Å²) in [7, 11) is -3.41. The van der Waals surface area contributed by atoms with Gasteiger partial charge in [-0.2, -0.15) is 0 Å². The molecule has 0 amide bonds. The van der Waals surface area contributed by atoms with Crippen LogP contribution in [0.3, 0.4) is 0 Å². The highest BCUT2D eigenvalue weighted by atomic mass is 32.2. The molecule has 0 N–H and O–H groups in total. The fourth-order valence-corrected chi connectivity index (χ4v) is 3.55. The molecule has 2 aromatic carbocycles. The van der Waals surface area contributed by atoms with Gasteiger partial charge in [-0.25, -0.2) is 12.4 Å². The molecule has 3 aromatic rings. The molecule has 1 aromatic heterocycles. The molecule has 0 saturated carbocycles. The third kappa shape index (κ3) is 1.82. The zero-order chi connectivity index (χ0) is 14.5. The summed E-state index contributed by atoms with van der Waals surface area (Å²) in [6.07, 6.45) is 1.18. The van der Waals surface area contributed by atoms with Crippen LogP contribution in [0.4, 0.5) is 0 Å².